The Kier molecular flexibility index (Phi) is 6.69. The highest BCUT2D eigenvalue weighted by molar-refractivity contribution is 5.83. The van der Waals surface area contributed by atoms with Gasteiger partial charge in [-0.05, 0) is 114 Å². The molecule has 6 rings (SSSR count). The molecule has 0 amide bonds. The van der Waals surface area contributed by atoms with Crippen LogP contribution in [0.3, 0.4) is 0 Å². The van der Waals surface area contributed by atoms with Crippen molar-refractivity contribution in [3.05, 3.63) is 141 Å². The van der Waals surface area contributed by atoms with Crippen LogP contribution in [0, 0.1) is 27.7 Å². The zero-order valence-corrected chi connectivity index (χ0v) is 25.8. The van der Waals surface area contributed by atoms with Crippen LogP contribution in [0.1, 0.15) is 56.8 Å². The fraction of sp³-hybridized carbons (Fsp3) is 0.282. The van der Waals surface area contributed by atoms with Gasteiger partial charge in [0.2, 0.25) is 0 Å². The lowest BCUT2D eigenvalue weighted by Gasteiger charge is -2.43. The number of hydrogen-bond donors (Lipinski definition) is 0. The Morgan fingerprint density at radius 1 is 0.585 bits per heavy atom. The van der Waals surface area contributed by atoms with Crippen molar-refractivity contribution >= 4 is 11.4 Å². The van der Waals surface area contributed by atoms with Gasteiger partial charge in [0.15, 0.2) is 0 Å². The zero-order chi connectivity index (χ0) is 29.1. The fourth-order valence-electron chi connectivity index (χ4n) is 7.10. The standard InChI is InChI=1S/C39H42N2/c1-25-21-34-35-22-26(2)28(4)24-37(35)38(36(34)23-27(25)3)39(29-11-9-10-12-29,30-13-17-32(18-14-30)40(5)6)31-15-19-33(20-16-31)41(7)8/h9-11,13-24,38H,12H2,1-8H3. The summed E-state index contributed by atoms with van der Waals surface area (Å²) in [5.41, 5.74) is 17.3. The maximum absolute atomic E-state index is 2.49. The smallest absolute Gasteiger partial charge is 0.0526 e. The van der Waals surface area contributed by atoms with E-state index in [0.717, 1.165) is 6.42 Å². The van der Waals surface area contributed by atoms with E-state index in [1.54, 1.807) is 0 Å². The summed E-state index contributed by atoms with van der Waals surface area (Å²) in [6.07, 6.45) is 7.91. The molecule has 0 radical (unpaired) electrons. The van der Waals surface area contributed by atoms with Gasteiger partial charge in [-0.15, -0.1) is 0 Å². The van der Waals surface area contributed by atoms with E-state index in [4.69, 9.17) is 0 Å². The first-order valence-electron chi connectivity index (χ1n) is 14.8. The molecule has 208 valence electrons. The van der Waals surface area contributed by atoms with Crippen molar-refractivity contribution in [2.45, 2.75) is 45.4 Å². The topological polar surface area (TPSA) is 6.48 Å². The predicted octanol–water partition coefficient (Wildman–Crippen LogP) is 9.04. The van der Waals surface area contributed by atoms with Crippen molar-refractivity contribution in [2.75, 3.05) is 38.0 Å². The molecule has 0 spiro atoms. The summed E-state index contributed by atoms with van der Waals surface area (Å²) >= 11 is 0. The molecule has 0 fully saturated rings. The Morgan fingerprint density at radius 3 is 1.37 bits per heavy atom. The Morgan fingerprint density at radius 2 is 1.00 bits per heavy atom. The Labute approximate surface area is 246 Å². The first-order chi connectivity index (χ1) is 19.6. The predicted molar refractivity (Wildman–Crippen MR) is 177 cm³/mol. The number of aryl methyl sites for hydroxylation is 4. The summed E-state index contributed by atoms with van der Waals surface area (Å²) in [6.45, 7) is 9.03. The molecule has 2 aliphatic carbocycles. The summed E-state index contributed by atoms with van der Waals surface area (Å²) in [5, 5.41) is 0. The van der Waals surface area contributed by atoms with E-state index < -0.39 is 0 Å². The average molecular weight is 539 g/mol. The Hall–Kier alpha value is -4.04. The van der Waals surface area contributed by atoms with Gasteiger partial charge >= 0.3 is 0 Å². The minimum atomic E-state index is -0.372. The molecule has 0 saturated heterocycles. The van der Waals surface area contributed by atoms with Gasteiger partial charge < -0.3 is 9.80 Å². The van der Waals surface area contributed by atoms with Crippen LogP contribution >= 0.6 is 0 Å². The number of rotatable bonds is 6. The maximum Gasteiger partial charge on any atom is 0.0526 e. The van der Waals surface area contributed by atoms with Crippen molar-refractivity contribution in [3.8, 4) is 11.1 Å². The van der Waals surface area contributed by atoms with E-state index in [9.17, 15) is 0 Å². The molecule has 4 aromatic rings. The highest BCUT2D eigenvalue weighted by Gasteiger charge is 2.50. The lowest BCUT2D eigenvalue weighted by molar-refractivity contribution is 0.526. The summed E-state index contributed by atoms with van der Waals surface area (Å²) in [7, 11) is 8.47. The molecule has 0 atom stereocenters. The van der Waals surface area contributed by atoms with Crippen molar-refractivity contribution < 1.29 is 0 Å². The molecule has 0 saturated carbocycles. The highest BCUT2D eigenvalue weighted by Crippen LogP contribution is 2.61. The molecule has 2 nitrogen and oxygen atoms in total. The van der Waals surface area contributed by atoms with Crippen LogP contribution in [0.5, 0.6) is 0 Å². The first kappa shape index (κ1) is 27.1. The minimum Gasteiger partial charge on any atom is -0.378 e. The van der Waals surface area contributed by atoms with E-state index in [1.165, 1.54) is 72.6 Å². The van der Waals surface area contributed by atoms with E-state index >= 15 is 0 Å². The summed E-state index contributed by atoms with van der Waals surface area (Å²) in [5.74, 6) is 0.146. The van der Waals surface area contributed by atoms with Crippen LogP contribution in [-0.2, 0) is 5.41 Å². The molecule has 0 bridgehead atoms. The average Bonchev–Trinajstić information content (AvgIpc) is 3.59. The second kappa shape index (κ2) is 10.1. The summed E-state index contributed by atoms with van der Waals surface area (Å²) < 4.78 is 0. The number of anilines is 2. The Balaban J connectivity index is 1.75. The monoisotopic (exact) mass is 538 g/mol. The zero-order valence-electron chi connectivity index (χ0n) is 25.8. The van der Waals surface area contributed by atoms with Gasteiger partial charge in [-0.2, -0.15) is 0 Å². The van der Waals surface area contributed by atoms with Crippen molar-refractivity contribution in [1.29, 1.82) is 0 Å². The van der Waals surface area contributed by atoms with Crippen LogP contribution in [-0.4, -0.2) is 28.2 Å². The third-order valence-corrected chi connectivity index (χ3v) is 9.63. The van der Waals surface area contributed by atoms with Gasteiger partial charge in [-0.1, -0.05) is 72.3 Å². The number of allylic oxidation sites excluding steroid dienone is 4. The van der Waals surface area contributed by atoms with Crippen LogP contribution in [0.2, 0.25) is 0 Å². The molecule has 41 heavy (non-hydrogen) atoms. The van der Waals surface area contributed by atoms with Gasteiger partial charge in [0, 0.05) is 45.5 Å². The van der Waals surface area contributed by atoms with Gasteiger partial charge in [0.25, 0.3) is 0 Å². The second-order valence-corrected chi connectivity index (χ2v) is 12.5. The normalized spacial score (nSPS) is 14.2. The van der Waals surface area contributed by atoms with Crippen molar-refractivity contribution in [3.63, 3.8) is 0 Å². The van der Waals surface area contributed by atoms with E-state index in [1.807, 2.05) is 0 Å². The molecule has 0 aliphatic heterocycles. The van der Waals surface area contributed by atoms with Crippen molar-refractivity contribution in [2.24, 2.45) is 0 Å². The summed E-state index contributed by atoms with van der Waals surface area (Å²) in [4.78, 5) is 4.37. The van der Waals surface area contributed by atoms with E-state index in [-0.39, 0.29) is 11.3 Å². The lowest BCUT2D eigenvalue weighted by atomic mass is 9.58. The number of benzene rings is 4. The second-order valence-electron chi connectivity index (χ2n) is 12.5. The quantitative estimate of drug-likeness (QED) is 0.242. The third-order valence-electron chi connectivity index (χ3n) is 9.63. The minimum absolute atomic E-state index is 0.146. The molecule has 0 unspecified atom stereocenters. The SMILES string of the molecule is Cc1cc2c(cc1C)C(C(C1=CC=CC1)(c1ccc(N(C)C)cc1)c1ccc(N(C)C)cc1)c1cc(C)c(C)cc1-2. The molecule has 2 aliphatic rings. The first-order valence-corrected chi connectivity index (χ1v) is 14.8. The van der Waals surface area contributed by atoms with E-state index in [0.29, 0.717) is 0 Å². The lowest BCUT2D eigenvalue weighted by Crippen LogP contribution is -2.37. The number of fused-ring (bicyclic) bond motifs is 3. The summed E-state index contributed by atoms with van der Waals surface area (Å²) in [6, 6.07) is 28.5. The number of hydrogen-bond acceptors (Lipinski definition) is 2. The van der Waals surface area contributed by atoms with E-state index in [2.05, 4.69) is 157 Å². The van der Waals surface area contributed by atoms with Gasteiger partial charge in [-0.3, -0.25) is 0 Å². The molecule has 0 aromatic heterocycles. The maximum atomic E-state index is 2.49. The van der Waals surface area contributed by atoms with Gasteiger partial charge in [-0.25, -0.2) is 0 Å². The molecular weight excluding hydrogens is 496 g/mol. The Bertz CT molecular complexity index is 1570. The van der Waals surface area contributed by atoms with Crippen LogP contribution < -0.4 is 9.80 Å². The van der Waals surface area contributed by atoms with Crippen LogP contribution in [0.15, 0.2) is 96.6 Å². The molecule has 2 heteroatoms. The third kappa shape index (κ3) is 4.23. The van der Waals surface area contributed by atoms with Crippen LogP contribution in [0.25, 0.3) is 11.1 Å². The molecular formula is C39H42N2. The van der Waals surface area contributed by atoms with Crippen LogP contribution in [0.4, 0.5) is 11.4 Å². The fourth-order valence-corrected chi connectivity index (χ4v) is 7.10. The molecule has 4 aromatic carbocycles. The number of nitrogens with zero attached hydrogens (tertiary/aromatic N) is 2. The molecule has 0 N–H and O–H groups in total. The molecule has 0 heterocycles. The van der Waals surface area contributed by atoms with Crippen molar-refractivity contribution in [1.82, 2.24) is 0 Å². The van der Waals surface area contributed by atoms with Gasteiger partial charge in [0.05, 0.1) is 5.41 Å². The highest BCUT2D eigenvalue weighted by atomic mass is 15.1. The van der Waals surface area contributed by atoms with Gasteiger partial charge in [0.1, 0.15) is 0 Å². The largest absolute Gasteiger partial charge is 0.378 e.